The van der Waals surface area contributed by atoms with Gasteiger partial charge in [-0.05, 0) is 44.6 Å². The summed E-state index contributed by atoms with van der Waals surface area (Å²) < 4.78 is 5.84. The first-order valence-electron chi connectivity index (χ1n) is 9.77. The van der Waals surface area contributed by atoms with E-state index in [2.05, 4.69) is 15.6 Å². The molecule has 4 aliphatic heterocycles. The fourth-order valence-corrected chi connectivity index (χ4v) is 5.69. The molecule has 4 atom stereocenters. The first-order chi connectivity index (χ1) is 13.1. The van der Waals surface area contributed by atoms with Gasteiger partial charge >= 0.3 is 6.03 Å². The third-order valence-corrected chi connectivity index (χ3v) is 6.75. The number of carbonyl (C=O) groups excluding carboxylic acids is 2. The maximum absolute atomic E-state index is 13.1. The molecule has 8 heteroatoms. The highest BCUT2D eigenvalue weighted by Gasteiger charge is 2.57. The van der Waals surface area contributed by atoms with Crippen LogP contribution in [0.3, 0.4) is 0 Å². The third kappa shape index (κ3) is 2.65. The number of pyridine rings is 1. The molecule has 0 radical (unpaired) electrons. The van der Waals surface area contributed by atoms with Crippen molar-refractivity contribution in [2.75, 3.05) is 6.61 Å². The van der Waals surface area contributed by atoms with Gasteiger partial charge in [-0.2, -0.15) is 0 Å². The number of piperidine rings is 1. The second-order valence-corrected chi connectivity index (χ2v) is 8.24. The molecule has 3 amide bonds. The van der Waals surface area contributed by atoms with Gasteiger partial charge in [0.15, 0.2) is 0 Å². The van der Waals surface area contributed by atoms with E-state index < -0.39 is 0 Å². The smallest absolute Gasteiger partial charge is 0.317 e. The van der Waals surface area contributed by atoms with Crippen molar-refractivity contribution in [2.24, 2.45) is 5.92 Å². The number of amides is 3. The monoisotopic (exact) mass is 372 g/mol. The van der Waals surface area contributed by atoms with Crippen molar-refractivity contribution >= 4 is 11.9 Å². The molecule has 5 rings (SSSR count). The van der Waals surface area contributed by atoms with Crippen LogP contribution in [-0.4, -0.2) is 52.3 Å². The first kappa shape index (κ1) is 16.8. The molecule has 2 unspecified atom stereocenters. The van der Waals surface area contributed by atoms with Crippen LogP contribution in [0.15, 0.2) is 23.1 Å². The highest BCUT2D eigenvalue weighted by molar-refractivity contribution is 5.94. The zero-order valence-electron chi connectivity index (χ0n) is 15.1. The molecule has 1 aromatic heterocycles. The van der Waals surface area contributed by atoms with Crippen LogP contribution in [0.5, 0.6) is 0 Å². The van der Waals surface area contributed by atoms with Crippen LogP contribution in [0, 0.1) is 5.92 Å². The first-order valence-corrected chi connectivity index (χ1v) is 9.77. The fraction of sp³-hybridized carbons (Fsp3) is 0.632. The number of fused-ring (bicyclic) bond motifs is 4. The number of nitrogens with one attached hydrogen (secondary N) is 3. The molecule has 1 spiro atoms. The lowest BCUT2D eigenvalue weighted by Crippen LogP contribution is -2.73. The Bertz CT molecular complexity index is 803. The molecule has 4 fully saturated rings. The Morgan fingerprint density at radius 2 is 1.93 bits per heavy atom. The summed E-state index contributed by atoms with van der Waals surface area (Å²) in [5, 5.41) is 6.14. The molecule has 3 N–H and O–H groups in total. The molecule has 0 aliphatic carbocycles. The Hall–Kier alpha value is -2.35. The minimum atomic E-state index is -0.305. The van der Waals surface area contributed by atoms with Crippen molar-refractivity contribution in [1.82, 2.24) is 20.5 Å². The van der Waals surface area contributed by atoms with Gasteiger partial charge in [0.05, 0.1) is 11.1 Å². The maximum Gasteiger partial charge on any atom is 0.317 e. The fourth-order valence-electron chi connectivity index (χ4n) is 5.69. The lowest BCUT2D eigenvalue weighted by molar-refractivity contribution is -0.0992. The Labute approximate surface area is 156 Å². The molecule has 5 heterocycles. The van der Waals surface area contributed by atoms with E-state index in [1.165, 1.54) is 12.3 Å². The minimum Gasteiger partial charge on any atom is -0.358 e. The van der Waals surface area contributed by atoms with E-state index in [1.807, 2.05) is 4.90 Å². The van der Waals surface area contributed by atoms with E-state index in [0.29, 0.717) is 12.2 Å². The van der Waals surface area contributed by atoms with Gasteiger partial charge < -0.3 is 25.3 Å². The lowest BCUT2D eigenvalue weighted by Gasteiger charge is -2.55. The standard InChI is InChI=1S/C19H24N4O4/c24-15-6-3-11(10-20-15)17(25)23-12-4-5-13(23)9-19(8-12)14-2-1-7-27-16(14)21-18(26)22-19/h3,6,10,12-14,16H,1-2,4-5,7-9H2,(H,20,24)(H2,21,22,26)/t12?,13?,14-,16+,19?/m1/s1. The molecule has 144 valence electrons. The quantitative estimate of drug-likeness (QED) is 0.683. The second kappa shape index (κ2) is 6.09. The molecule has 2 bridgehead atoms. The predicted octanol–water partition coefficient (Wildman–Crippen LogP) is 0.946. The van der Waals surface area contributed by atoms with Crippen LogP contribution in [0.1, 0.15) is 48.9 Å². The largest absolute Gasteiger partial charge is 0.358 e. The van der Waals surface area contributed by atoms with Gasteiger partial charge in [0.2, 0.25) is 5.56 Å². The van der Waals surface area contributed by atoms with E-state index >= 15 is 0 Å². The van der Waals surface area contributed by atoms with Gasteiger partial charge in [-0.15, -0.1) is 0 Å². The average molecular weight is 372 g/mol. The molecule has 27 heavy (non-hydrogen) atoms. The Kier molecular flexibility index (Phi) is 3.79. The summed E-state index contributed by atoms with van der Waals surface area (Å²) in [4.78, 5) is 41.2. The molecule has 8 nitrogen and oxygen atoms in total. The average Bonchev–Trinajstić information content (AvgIpc) is 2.93. The number of ether oxygens (including phenoxy) is 1. The SMILES string of the molecule is O=C1N[C@H]2OCCC[C@H]2C2(CC3CCC(C2)N3C(=O)c2ccc(=O)[nH]c2)N1. The van der Waals surface area contributed by atoms with Crippen LogP contribution in [0.25, 0.3) is 0 Å². The van der Waals surface area contributed by atoms with Crippen LogP contribution < -0.4 is 16.2 Å². The van der Waals surface area contributed by atoms with E-state index in [0.717, 1.165) is 38.5 Å². The number of H-pyrrole nitrogens is 1. The zero-order chi connectivity index (χ0) is 18.6. The molecule has 0 saturated carbocycles. The van der Waals surface area contributed by atoms with E-state index in [9.17, 15) is 14.4 Å². The van der Waals surface area contributed by atoms with Gasteiger partial charge in [-0.1, -0.05) is 0 Å². The molecule has 0 aromatic carbocycles. The van der Waals surface area contributed by atoms with Crippen LogP contribution in [0.4, 0.5) is 4.79 Å². The molecule has 4 aliphatic rings. The predicted molar refractivity (Wildman–Crippen MR) is 96.1 cm³/mol. The number of aromatic amines is 1. The third-order valence-electron chi connectivity index (χ3n) is 6.75. The van der Waals surface area contributed by atoms with Gasteiger partial charge in [-0.25, -0.2) is 4.79 Å². The summed E-state index contributed by atoms with van der Waals surface area (Å²) in [7, 11) is 0. The minimum absolute atomic E-state index is 0.0368. The summed E-state index contributed by atoms with van der Waals surface area (Å²) >= 11 is 0. The maximum atomic E-state index is 13.1. The van der Waals surface area contributed by atoms with Crippen molar-refractivity contribution in [3.05, 3.63) is 34.2 Å². The van der Waals surface area contributed by atoms with Crippen molar-refractivity contribution in [3.63, 3.8) is 0 Å². The number of rotatable bonds is 1. The molecular formula is C19H24N4O4. The van der Waals surface area contributed by atoms with Gasteiger partial charge in [-0.3, -0.25) is 9.59 Å². The van der Waals surface area contributed by atoms with Crippen molar-refractivity contribution in [2.45, 2.75) is 62.4 Å². The van der Waals surface area contributed by atoms with E-state index in [4.69, 9.17) is 4.74 Å². The van der Waals surface area contributed by atoms with Crippen LogP contribution in [0.2, 0.25) is 0 Å². The highest BCUT2D eigenvalue weighted by atomic mass is 16.5. The normalized spacial score (nSPS) is 37.5. The summed E-state index contributed by atoms with van der Waals surface area (Å²) in [6, 6.07) is 3.01. The number of nitrogens with zero attached hydrogens (tertiary/aromatic N) is 1. The zero-order valence-corrected chi connectivity index (χ0v) is 15.1. The number of carbonyl (C=O) groups is 2. The second-order valence-electron chi connectivity index (χ2n) is 8.24. The van der Waals surface area contributed by atoms with Gasteiger partial charge in [0, 0.05) is 36.9 Å². The van der Waals surface area contributed by atoms with E-state index in [1.54, 1.807) is 6.07 Å². The van der Waals surface area contributed by atoms with Gasteiger partial charge in [0.1, 0.15) is 6.23 Å². The lowest BCUT2D eigenvalue weighted by atomic mass is 9.69. The molecule has 1 aromatic rings. The topological polar surface area (TPSA) is 104 Å². The van der Waals surface area contributed by atoms with Crippen molar-refractivity contribution in [3.8, 4) is 0 Å². The summed E-state index contributed by atoms with van der Waals surface area (Å²) in [6.07, 6.45) is 6.69. The van der Waals surface area contributed by atoms with Crippen molar-refractivity contribution < 1.29 is 14.3 Å². The number of urea groups is 1. The highest BCUT2D eigenvalue weighted by Crippen LogP contribution is 2.48. The van der Waals surface area contributed by atoms with Gasteiger partial charge in [0.25, 0.3) is 5.91 Å². The Balaban J connectivity index is 1.42. The summed E-state index contributed by atoms with van der Waals surface area (Å²) in [5.41, 5.74) is -0.00958. The molecular weight excluding hydrogens is 348 g/mol. The molecule has 4 saturated heterocycles. The number of hydrogen-bond acceptors (Lipinski definition) is 4. The van der Waals surface area contributed by atoms with Crippen LogP contribution >= 0.6 is 0 Å². The Morgan fingerprint density at radius 3 is 2.63 bits per heavy atom. The van der Waals surface area contributed by atoms with E-state index in [-0.39, 0.29) is 47.3 Å². The van der Waals surface area contributed by atoms with Crippen molar-refractivity contribution in [1.29, 1.82) is 0 Å². The summed E-state index contributed by atoms with van der Waals surface area (Å²) in [6.45, 7) is 0.682. The summed E-state index contributed by atoms with van der Waals surface area (Å²) in [5.74, 6) is 0.197. The van der Waals surface area contributed by atoms with Crippen LogP contribution in [-0.2, 0) is 4.74 Å². The number of aromatic nitrogens is 1. The number of hydrogen-bond donors (Lipinski definition) is 3. The Morgan fingerprint density at radius 1 is 1.15 bits per heavy atom.